The summed E-state index contributed by atoms with van der Waals surface area (Å²) in [6, 6.07) is 0. The van der Waals surface area contributed by atoms with Crippen LogP contribution in [0.1, 0.15) is 1.43 Å². The SMILES string of the molecule is COB(O)O.[HH].[NaH]. The Labute approximate surface area is 60.3 Å². The van der Waals surface area contributed by atoms with E-state index in [0.29, 0.717) is 0 Å². The van der Waals surface area contributed by atoms with E-state index in [1.807, 2.05) is 0 Å². The third-order valence-electron chi connectivity index (χ3n) is 0.211. The van der Waals surface area contributed by atoms with Gasteiger partial charge in [-0.25, -0.2) is 0 Å². The summed E-state index contributed by atoms with van der Waals surface area (Å²) in [4.78, 5) is 0. The third kappa shape index (κ3) is 8.87. The van der Waals surface area contributed by atoms with Crippen molar-refractivity contribution in [2.24, 2.45) is 0 Å². The van der Waals surface area contributed by atoms with Gasteiger partial charge in [0.05, 0.1) is 0 Å². The second kappa shape index (κ2) is 5.94. The average molecular weight is 102 g/mol. The minimum absolute atomic E-state index is 0. The maximum atomic E-state index is 7.69. The zero-order chi connectivity index (χ0) is 4.28. The molecule has 3 nitrogen and oxygen atoms in total. The van der Waals surface area contributed by atoms with Gasteiger partial charge in [-0.1, -0.05) is 0 Å². The van der Waals surface area contributed by atoms with Crippen LogP contribution in [0.25, 0.3) is 0 Å². The molecule has 0 fully saturated rings. The molecule has 0 heterocycles. The van der Waals surface area contributed by atoms with Crippen LogP contribution in [0.5, 0.6) is 0 Å². The van der Waals surface area contributed by atoms with E-state index in [0.717, 1.165) is 0 Å². The first kappa shape index (κ1) is 10.0. The van der Waals surface area contributed by atoms with Crippen LogP contribution in [0.15, 0.2) is 0 Å². The summed E-state index contributed by atoms with van der Waals surface area (Å²) in [5, 5.41) is 15.4. The van der Waals surface area contributed by atoms with E-state index in [1.54, 1.807) is 0 Å². The summed E-state index contributed by atoms with van der Waals surface area (Å²) in [6.07, 6.45) is 0. The zero-order valence-corrected chi connectivity index (χ0v) is 2.88. The predicted octanol–water partition coefficient (Wildman–Crippen LogP) is -1.80. The van der Waals surface area contributed by atoms with Gasteiger partial charge in [-0.2, -0.15) is 0 Å². The molecule has 0 aromatic carbocycles. The van der Waals surface area contributed by atoms with E-state index in [2.05, 4.69) is 4.65 Å². The molecule has 0 aromatic heterocycles. The van der Waals surface area contributed by atoms with Gasteiger partial charge in [-0.15, -0.1) is 0 Å². The van der Waals surface area contributed by atoms with Crippen molar-refractivity contribution in [1.82, 2.24) is 0 Å². The van der Waals surface area contributed by atoms with Gasteiger partial charge in [-0.3, -0.25) is 0 Å². The summed E-state index contributed by atoms with van der Waals surface area (Å²) in [5.74, 6) is 0. The molecule has 0 saturated carbocycles. The number of hydrogen-bond acceptors (Lipinski definition) is 3. The molecule has 0 aliphatic carbocycles. The van der Waals surface area contributed by atoms with Crippen molar-refractivity contribution in [2.75, 3.05) is 7.11 Å². The fraction of sp³-hybridized carbons (Fsp3) is 1.00. The average Bonchev–Trinajstić information content (AvgIpc) is 1.38. The molecule has 0 aromatic rings. The zero-order valence-electron chi connectivity index (χ0n) is 2.88. The fourth-order valence-electron chi connectivity index (χ4n) is 0. The van der Waals surface area contributed by atoms with Crippen LogP contribution in [0, 0.1) is 0 Å². The summed E-state index contributed by atoms with van der Waals surface area (Å²) >= 11 is 0. The molecule has 0 saturated heterocycles. The Morgan fingerprint density at radius 1 is 1.67 bits per heavy atom. The maximum absolute atomic E-state index is 7.69. The van der Waals surface area contributed by atoms with Crippen LogP contribution in [0.2, 0.25) is 0 Å². The van der Waals surface area contributed by atoms with E-state index in [4.69, 9.17) is 10.0 Å². The Kier molecular flexibility index (Phi) is 9.95. The van der Waals surface area contributed by atoms with Gasteiger partial charge in [0.2, 0.25) is 0 Å². The van der Waals surface area contributed by atoms with Crippen molar-refractivity contribution in [3.8, 4) is 0 Å². The molecule has 0 amide bonds. The van der Waals surface area contributed by atoms with Gasteiger partial charge < -0.3 is 14.7 Å². The first-order chi connectivity index (χ1) is 2.27. The molecule has 0 atom stereocenters. The summed E-state index contributed by atoms with van der Waals surface area (Å²) in [6.45, 7) is 0. The normalized spacial score (nSPS) is 6.50. The van der Waals surface area contributed by atoms with E-state index in [-0.39, 0.29) is 31.0 Å². The molecule has 6 heavy (non-hydrogen) atoms. The molecule has 0 aliphatic heterocycles. The van der Waals surface area contributed by atoms with Crippen molar-refractivity contribution in [3.63, 3.8) is 0 Å². The molecule has 34 valence electrons. The Hall–Kier alpha value is 0.945. The van der Waals surface area contributed by atoms with Crippen molar-refractivity contribution in [1.29, 1.82) is 0 Å². The molecule has 2 N–H and O–H groups in total. The third-order valence-corrected chi connectivity index (χ3v) is 0.211. The first-order valence-corrected chi connectivity index (χ1v) is 1.16. The molecule has 0 aliphatic rings. The van der Waals surface area contributed by atoms with E-state index in [1.165, 1.54) is 7.11 Å². The van der Waals surface area contributed by atoms with Gasteiger partial charge in [0.25, 0.3) is 0 Å². The Morgan fingerprint density at radius 2 is 1.83 bits per heavy atom. The van der Waals surface area contributed by atoms with Crippen LogP contribution in [0.4, 0.5) is 0 Å². The van der Waals surface area contributed by atoms with Gasteiger partial charge in [-0.05, 0) is 0 Å². The van der Waals surface area contributed by atoms with Crippen molar-refractivity contribution in [3.05, 3.63) is 0 Å². The summed E-state index contributed by atoms with van der Waals surface area (Å²) in [5.41, 5.74) is 0. The molecule has 0 rings (SSSR count). The number of rotatable bonds is 1. The molecule has 0 unspecified atom stereocenters. The van der Waals surface area contributed by atoms with E-state index < -0.39 is 7.32 Å². The molecule has 5 heteroatoms. The first-order valence-electron chi connectivity index (χ1n) is 1.16. The quantitative estimate of drug-likeness (QED) is 0.384. The molecule has 0 radical (unpaired) electrons. The van der Waals surface area contributed by atoms with Gasteiger partial charge >= 0.3 is 36.9 Å². The second-order valence-electron chi connectivity index (χ2n) is 0.562. The fourth-order valence-corrected chi connectivity index (χ4v) is 0. The van der Waals surface area contributed by atoms with Crippen LogP contribution < -0.4 is 0 Å². The standard InChI is InChI=1S/CH5BO3.Na.H2.H/c1-5-2(3)4;;;/h3-4H,1H3;;1H;. The molecular weight excluding hydrogens is 93.8 g/mol. The Bertz CT molecular complexity index is 28.9. The Balaban J connectivity index is -0.0000000800. The molecular formula is CH8BNaO3. The van der Waals surface area contributed by atoms with Gasteiger partial charge in [0.15, 0.2) is 0 Å². The summed E-state index contributed by atoms with van der Waals surface area (Å²) in [7, 11) is -0.417. The van der Waals surface area contributed by atoms with Crippen molar-refractivity contribution in [2.45, 2.75) is 0 Å². The predicted molar refractivity (Wildman–Crippen MR) is 26.5 cm³/mol. The minimum atomic E-state index is -1.62. The van der Waals surface area contributed by atoms with Gasteiger partial charge in [0.1, 0.15) is 0 Å². The van der Waals surface area contributed by atoms with Crippen LogP contribution in [0.3, 0.4) is 0 Å². The topological polar surface area (TPSA) is 49.7 Å². The monoisotopic (exact) mass is 102 g/mol. The summed E-state index contributed by atoms with van der Waals surface area (Å²) < 4.78 is 3.86. The molecule has 0 spiro atoms. The van der Waals surface area contributed by atoms with E-state index >= 15 is 0 Å². The van der Waals surface area contributed by atoms with Crippen LogP contribution in [-0.2, 0) is 4.65 Å². The van der Waals surface area contributed by atoms with Crippen molar-refractivity contribution >= 4 is 36.9 Å². The van der Waals surface area contributed by atoms with E-state index in [9.17, 15) is 0 Å². The number of hydrogen-bond donors (Lipinski definition) is 2. The Morgan fingerprint density at radius 3 is 1.83 bits per heavy atom. The second-order valence-corrected chi connectivity index (χ2v) is 0.562. The van der Waals surface area contributed by atoms with Crippen molar-refractivity contribution < 1.29 is 16.1 Å². The van der Waals surface area contributed by atoms with Gasteiger partial charge in [0, 0.05) is 8.54 Å². The van der Waals surface area contributed by atoms with Crippen LogP contribution in [-0.4, -0.2) is 54.0 Å². The van der Waals surface area contributed by atoms with Crippen LogP contribution >= 0.6 is 0 Å². The molecule has 0 bridgehead atoms.